The molecule has 4 nitrogen and oxygen atoms in total. The molecule has 0 aromatic heterocycles. The molecule has 0 aliphatic heterocycles. The molecule has 32 heavy (non-hydrogen) atoms. The molecule has 5 heteroatoms. The largest absolute Gasteiger partial charge is 0.388 e. The average Bonchev–Trinajstić information content (AvgIpc) is 2.82. The molecule has 0 spiro atoms. The molecule has 0 heterocycles. The van der Waals surface area contributed by atoms with E-state index in [1.807, 2.05) is 37.4 Å². The fourth-order valence-corrected chi connectivity index (χ4v) is 4.17. The average molecular weight is 457 g/mol. The van der Waals surface area contributed by atoms with Gasteiger partial charge in [-0.25, -0.2) is 0 Å². The Morgan fingerprint density at radius 2 is 1.72 bits per heavy atom. The summed E-state index contributed by atoms with van der Waals surface area (Å²) >= 11 is 6.15. The molecule has 176 valence electrons. The topological polar surface area (TPSA) is 62.1 Å². The first-order valence-electron chi connectivity index (χ1n) is 12.0. The summed E-state index contributed by atoms with van der Waals surface area (Å²) in [6, 6.07) is 14.7. The van der Waals surface area contributed by atoms with Crippen LogP contribution in [0.4, 0.5) is 11.4 Å². The standard InChI is InChI=1S/C27H41ClN4/c1-3-11-23(21-29)24-16-15-22(20-27(24)30-2)12-5-4-8-17-31-18-9-10-19-32-26-14-7-6-13-25(26)28/h3,6-7,13-16,20,23,30-32H,1,4-5,8-12,17-19,21,29H2,2H3. The van der Waals surface area contributed by atoms with E-state index < -0.39 is 0 Å². The van der Waals surface area contributed by atoms with Crippen LogP contribution in [-0.4, -0.2) is 33.2 Å². The van der Waals surface area contributed by atoms with Crippen LogP contribution in [0.5, 0.6) is 0 Å². The molecule has 0 saturated heterocycles. The van der Waals surface area contributed by atoms with Gasteiger partial charge in [0.1, 0.15) is 0 Å². The molecular formula is C27H41ClN4. The van der Waals surface area contributed by atoms with Crippen molar-refractivity contribution in [3.63, 3.8) is 0 Å². The van der Waals surface area contributed by atoms with Gasteiger partial charge in [0.25, 0.3) is 0 Å². The molecule has 2 rings (SSSR count). The Hall–Kier alpha value is -2.01. The number of benzene rings is 2. The van der Waals surface area contributed by atoms with Crippen LogP contribution < -0.4 is 21.7 Å². The van der Waals surface area contributed by atoms with Gasteiger partial charge in [0.2, 0.25) is 0 Å². The Balaban J connectivity index is 1.54. The molecule has 0 fully saturated rings. The number of unbranched alkanes of at least 4 members (excludes halogenated alkanes) is 3. The van der Waals surface area contributed by atoms with Gasteiger partial charge >= 0.3 is 0 Å². The third-order valence-corrected chi connectivity index (χ3v) is 6.18. The number of rotatable bonds is 17. The number of hydrogen-bond acceptors (Lipinski definition) is 4. The van der Waals surface area contributed by atoms with Gasteiger partial charge in [-0.1, -0.05) is 48.4 Å². The highest BCUT2D eigenvalue weighted by Gasteiger charge is 2.12. The second kappa shape index (κ2) is 15.7. The number of para-hydroxylation sites is 1. The van der Waals surface area contributed by atoms with E-state index in [9.17, 15) is 0 Å². The molecule has 2 aromatic rings. The highest BCUT2D eigenvalue weighted by atomic mass is 35.5. The van der Waals surface area contributed by atoms with Crippen molar-refractivity contribution < 1.29 is 0 Å². The zero-order valence-corrected chi connectivity index (χ0v) is 20.4. The molecule has 0 aliphatic carbocycles. The lowest BCUT2D eigenvalue weighted by Gasteiger charge is -2.18. The van der Waals surface area contributed by atoms with Crippen LogP contribution in [0.15, 0.2) is 55.1 Å². The Labute approximate surface area is 200 Å². The van der Waals surface area contributed by atoms with Gasteiger partial charge in [-0.05, 0) is 87.5 Å². The normalized spacial score (nSPS) is 11.8. The van der Waals surface area contributed by atoms with Crippen molar-refractivity contribution in [1.82, 2.24) is 5.32 Å². The van der Waals surface area contributed by atoms with Crippen molar-refractivity contribution in [2.24, 2.45) is 5.73 Å². The number of hydrogen-bond donors (Lipinski definition) is 4. The van der Waals surface area contributed by atoms with Gasteiger partial charge in [0.15, 0.2) is 0 Å². The van der Waals surface area contributed by atoms with Gasteiger partial charge in [-0.15, -0.1) is 6.58 Å². The lowest BCUT2D eigenvalue weighted by Crippen LogP contribution is -2.17. The Kier molecular flexibility index (Phi) is 12.9. The maximum Gasteiger partial charge on any atom is 0.0637 e. The highest BCUT2D eigenvalue weighted by Crippen LogP contribution is 2.28. The minimum absolute atomic E-state index is 0.335. The van der Waals surface area contributed by atoms with E-state index in [0.717, 1.165) is 49.6 Å². The lowest BCUT2D eigenvalue weighted by molar-refractivity contribution is 0.582. The zero-order valence-electron chi connectivity index (χ0n) is 19.6. The van der Waals surface area contributed by atoms with E-state index in [0.29, 0.717) is 12.5 Å². The SMILES string of the molecule is C=CCC(CN)c1ccc(CCCCCNCCCCNc2ccccc2Cl)cc1NC. The highest BCUT2D eigenvalue weighted by molar-refractivity contribution is 6.33. The van der Waals surface area contributed by atoms with Crippen LogP contribution >= 0.6 is 11.6 Å². The van der Waals surface area contributed by atoms with Gasteiger partial charge in [0.05, 0.1) is 10.7 Å². The van der Waals surface area contributed by atoms with E-state index in [4.69, 9.17) is 17.3 Å². The van der Waals surface area contributed by atoms with Crippen molar-refractivity contribution in [3.05, 3.63) is 71.3 Å². The summed E-state index contributed by atoms with van der Waals surface area (Å²) in [5.41, 5.74) is 10.9. The molecule has 1 unspecified atom stereocenters. The van der Waals surface area contributed by atoms with Crippen molar-refractivity contribution in [2.75, 3.05) is 43.9 Å². The van der Waals surface area contributed by atoms with Crippen LogP contribution in [-0.2, 0) is 6.42 Å². The minimum atomic E-state index is 0.335. The third kappa shape index (κ3) is 9.23. The van der Waals surface area contributed by atoms with E-state index >= 15 is 0 Å². The van der Waals surface area contributed by atoms with Gasteiger partial charge in [0, 0.05) is 25.2 Å². The monoisotopic (exact) mass is 456 g/mol. The number of aryl methyl sites for hydroxylation is 1. The third-order valence-electron chi connectivity index (χ3n) is 5.85. The van der Waals surface area contributed by atoms with Crippen molar-refractivity contribution in [2.45, 2.75) is 50.9 Å². The number of halogens is 1. The fraction of sp³-hybridized carbons (Fsp3) is 0.481. The molecule has 0 amide bonds. The summed E-state index contributed by atoms with van der Waals surface area (Å²) in [4.78, 5) is 0. The maximum atomic E-state index is 6.15. The van der Waals surface area contributed by atoms with Crippen molar-refractivity contribution >= 4 is 23.0 Å². The number of nitrogens with two attached hydrogens (primary N) is 1. The predicted octanol–water partition coefficient (Wildman–Crippen LogP) is 6.19. The van der Waals surface area contributed by atoms with Gasteiger partial charge in [-0.2, -0.15) is 0 Å². The first kappa shape index (κ1) is 26.2. The summed E-state index contributed by atoms with van der Waals surface area (Å²) in [6.45, 7) is 7.63. The summed E-state index contributed by atoms with van der Waals surface area (Å²) in [5.74, 6) is 0.335. The molecule has 2 aromatic carbocycles. The maximum absolute atomic E-state index is 6.15. The van der Waals surface area contributed by atoms with Crippen molar-refractivity contribution in [3.8, 4) is 0 Å². The summed E-state index contributed by atoms with van der Waals surface area (Å²) in [7, 11) is 1.99. The second-order valence-corrected chi connectivity index (χ2v) is 8.71. The van der Waals surface area contributed by atoms with Crippen LogP contribution in [0.2, 0.25) is 5.02 Å². The van der Waals surface area contributed by atoms with E-state index in [2.05, 4.69) is 40.7 Å². The molecular weight excluding hydrogens is 416 g/mol. The molecule has 0 bridgehead atoms. The Morgan fingerprint density at radius 3 is 2.44 bits per heavy atom. The Morgan fingerprint density at radius 1 is 0.969 bits per heavy atom. The summed E-state index contributed by atoms with van der Waals surface area (Å²) in [5, 5.41) is 11.1. The Bertz CT molecular complexity index is 793. The van der Waals surface area contributed by atoms with Crippen LogP contribution in [0.1, 0.15) is 55.6 Å². The quantitative estimate of drug-likeness (QED) is 0.169. The smallest absolute Gasteiger partial charge is 0.0637 e. The molecule has 1 atom stereocenters. The van der Waals surface area contributed by atoms with E-state index in [1.165, 1.54) is 42.5 Å². The molecule has 5 N–H and O–H groups in total. The summed E-state index contributed by atoms with van der Waals surface area (Å²) in [6.07, 6.45) is 10.00. The van der Waals surface area contributed by atoms with Crippen LogP contribution in [0, 0.1) is 0 Å². The van der Waals surface area contributed by atoms with Gasteiger partial charge < -0.3 is 21.7 Å². The first-order chi connectivity index (χ1) is 15.7. The molecule has 0 radical (unpaired) electrons. The lowest BCUT2D eigenvalue weighted by atomic mass is 9.92. The van der Waals surface area contributed by atoms with Gasteiger partial charge in [-0.3, -0.25) is 0 Å². The van der Waals surface area contributed by atoms with Crippen LogP contribution in [0.3, 0.4) is 0 Å². The molecule has 0 aliphatic rings. The zero-order chi connectivity index (χ0) is 23.0. The van der Waals surface area contributed by atoms with Crippen molar-refractivity contribution in [1.29, 1.82) is 0 Å². The van der Waals surface area contributed by atoms with E-state index in [1.54, 1.807) is 0 Å². The molecule has 0 saturated carbocycles. The van der Waals surface area contributed by atoms with E-state index in [-0.39, 0.29) is 0 Å². The predicted molar refractivity (Wildman–Crippen MR) is 142 cm³/mol. The first-order valence-corrected chi connectivity index (χ1v) is 12.4. The minimum Gasteiger partial charge on any atom is -0.388 e. The number of allylic oxidation sites excluding steroid dienone is 1. The van der Waals surface area contributed by atoms with Crippen LogP contribution in [0.25, 0.3) is 0 Å². The number of nitrogens with one attached hydrogen (secondary N) is 3. The number of anilines is 2. The second-order valence-electron chi connectivity index (χ2n) is 8.30. The fourth-order valence-electron chi connectivity index (χ4n) is 3.97. The summed E-state index contributed by atoms with van der Waals surface area (Å²) < 4.78 is 0.